The fourth-order valence-electron chi connectivity index (χ4n) is 2.32. The van der Waals surface area contributed by atoms with Crippen molar-refractivity contribution < 1.29 is 14.3 Å². The molecule has 3 rings (SSSR count). The molecule has 22 heavy (non-hydrogen) atoms. The van der Waals surface area contributed by atoms with Gasteiger partial charge in [-0.05, 0) is 31.5 Å². The normalized spacial score (nSPS) is 13.8. The number of rotatable bonds is 3. The Hall–Kier alpha value is -2.20. The van der Waals surface area contributed by atoms with Crippen LogP contribution in [0.15, 0.2) is 36.4 Å². The molecule has 2 aromatic carbocycles. The predicted molar refractivity (Wildman–Crippen MR) is 84.6 cm³/mol. The number of amides is 1. The predicted octanol–water partition coefficient (Wildman–Crippen LogP) is 3.87. The van der Waals surface area contributed by atoms with Gasteiger partial charge in [0.2, 0.25) is 6.79 Å². The third-order valence-corrected chi connectivity index (χ3v) is 3.90. The first kappa shape index (κ1) is 14.7. The highest BCUT2D eigenvalue weighted by Gasteiger charge is 2.21. The van der Waals surface area contributed by atoms with E-state index in [1.165, 1.54) is 5.56 Å². The molecule has 1 unspecified atom stereocenters. The van der Waals surface area contributed by atoms with Gasteiger partial charge >= 0.3 is 0 Å². The summed E-state index contributed by atoms with van der Waals surface area (Å²) in [5, 5.41) is 3.33. The Labute approximate surface area is 134 Å². The molecule has 1 aliphatic heterocycles. The van der Waals surface area contributed by atoms with Gasteiger partial charge in [-0.25, -0.2) is 0 Å². The zero-order chi connectivity index (χ0) is 15.7. The average Bonchev–Trinajstić information content (AvgIpc) is 2.96. The standard InChI is InChI=1S/C17H16ClNO3/c1-10-3-5-12(6-4-10)11(2)19-17(20)13-7-14(18)16-15(8-13)21-9-22-16/h3-8,11H,9H2,1-2H3,(H,19,20). The van der Waals surface area contributed by atoms with E-state index in [1.54, 1.807) is 12.1 Å². The van der Waals surface area contributed by atoms with Gasteiger partial charge in [0.05, 0.1) is 11.1 Å². The monoisotopic (exact) mass is 317 g/mol. The molecule has 0 spiro atoms. The fraction of sp³-hybridized carbons (Fsp3) is 0.235. The van der Waals surface area contributed by atoms with Crippen LogP contribution < -0.4 is 14.8 Å². The molecular formula is C17H16ClNO3. The van der Waals surface area contributed by atoms with E-state index in [9.17, 15) is 4.79 Å². The fourth-order valence-corrected chi connectivity index (χ4v) is 2.58. The van der Waals surface area contributed by atoms with Gasteiger partial charge in [-0.15, -0.1) is 0 Å². The van der Waals surface area contributed by atoms with Crippen molar-refractivity contribution in [2.45, 2.75) is 19.9 Å². The minimum absolute atomic E-state index is 0.0997. The van der Waals surface area contributed by atoms with Crippen LogP contribution in [0.5, 0.6) is 11.5 Å². The third kappa shape index (κ3) is 2.88. The van der Waals surface area contributed by atoms with Gasteiger partial charge in [0.15, 0.2) is 11.5 Å². The van der Waals surface area contributed by atoms with Crippen LogP contribution in [-0.4, -0.2) is 12.7 Å². The molecule has 1 atom stereocenters. The van der Waals surface area contributed by atoms with Crippen LogP contribution in [0, 0.1) is 6.92 Å². The van der Waals surface area contributed by atoms with Gasteiger partial charge in [0, 0.05) is 5.56 Å². The highest BCUT2D eigenvalue weighted by atomic mass is 35.5. The minimum atomic E-state index is -0.201. The second-order valence-electron chi connectivity index (χ2n) is 5.30. The number of hydrogen-bond acceptors (Lipinski definition) is 3. The van der Waals surface area contributed by atoms with Crippen molar-refractivity contribution in [2.24, 2.45) is 0 Å². The van der Waals surface area contributed by atoms with Crippen molar-refractivity contribution in [1.82, 2.24) is 5.32 Å². The molecule has 0 radical (unpaired) electrons. The van der Waals surface area contributed by atoms with Gasteiger partial charge in [0.25, 0.3) is 5.91 Å². The van der Waals surface area contributed by atoms with Gasteiger partial charge < -0.3 is 14.8 Å². The Morgan fingerprint density at radius 2 is 1.95 bits per heavy atom. The van der Waals surface area contributed by atoms with Crippen molar-refractivity contribution >= 4 is 17.5 Å². The van der Waals surface area contributed by atoms with Crippen LogP contribution in [0.4, 0.5) is 0 Å². The van der Waals surface area contributed by atoms with Crippen molar-refractivity contribution in [3.05, 3.63) is 58.1 Å². The quantitative estimate of drug-likeness (QED) is 0.935. The lowest BCUT2D eigenvalue weighted by atomic mass is 10.1. The number of carbonyl (C=O) groups excluding carboxylic acids is 1. The van der Waals surface area contributed by atoms with Crippen LogP contribution in [0.3, 0.4) is 0 Å². The summed E-state index contributed by atoms with van der Waals surface area (Å²) in [5.74, 6) is 0.790. The maximum absolute atomic E-state index is 12.4. The molecule has 1 amide bonds. The number of carbonyl (C=O) groups is 1. The average molecular weight is 318 g/mol. The number of fused-ring (bicyclic) bond motifs is 1. The second-order valence-corrected chi connectivity index (χ2v) is 5.70. The SMILES string of the molecule is Cc1ccc(C(C)NC(=O)c2cc(Cl)c3c(c2)OCO3)cc1. The number of benzene rings is 2. The van der Waals surface area contributed by atoms with Crippen LogP contribution in [0.25, 0.3) is 0 Å². The van der Waals surface area contributed by atoms with E-state index in [1.807, 2.05) is 38.1 Å². The number of halogens is 1. The molecule has 1 heterocycles. The molecule has 4 nitrogen and oxygen atoms in total. The van der Waals surface area contributed by atoms with E-state index >= 15 is 0 Å². The van der Waals surface area contributed by atoms with Crippen LogP contribution in [0.2, 0.25) is 5.02 Å². The van der Waals surface area contributed by atoms with E-state index in [-0.39, 0.29) is 18.7 Å². The molecule has 1 aliphatic rings. The second kappa shape index (κ2) is 5.89. The summed E-state index contributed by atoms with van der Waals surface area (Å²) in [7, 11) is 0. The first-order valence-corrected chi connectivity index (χ1v) is 7.39. The minimum Gasteiger partial charge on any atom is -0.454 e. The molecule has 0 aliphatic carbocycles. The topological polar surface area (TPSA) is 47.6 Å². The van der Waals surface area contributed by atoms with Crippen molar-refractivity contribution in [3.63, 3.8) is 0 Å². The van der Waals surface area contributed by atoms with Gasteiger partial charge in [-0.3, -0.25) is 4.79 Å². The molecular weight excluding hydrogens is 302 g/mol. The molecule has 1 N–H and O–H groups in total. The number of ether oxygens (including phenoxy) is 2. The summed E-state index contributed by atoms with van der Waals surface area (Å²) >= 11 is 6.10. The zero-order valence-electron chi connectivity index (χ0n) is 12.4. The summed E-state index contributed by atoms with van der Waals surface area (Å²) in [6.07, 6.45) is 0. The Balaban J connectivity index is 1.77. The lowest BCUT2D eigenvalue weighted by Crippen LogP contribution is -2.26. The maximum Gasteiger partial charge on any atom is 0.251 e. The molecule has 0 bridgehead atoms. The van der Waals surface area contributed by atoms with Crippen LogP contribution in [-0.2, 0) is 0 Å². The van der Waals surface area contributed by atoms with E-state index in [0.29, 0.717) is 22.1 Å². The molecule has 0 saturated carbocycles. The van der Waals surface area contributed by atoms with Crippen molar-refractivity contribution in [1.29, 1.82) is 0 Å². The first-order chi connectivity index (χ1) is 10.5. The van der Waals surface area contributed by atoms with E-state index in [0.717, 1.165) is 5.56 Å². The van der Waals surface area contributed by atoms with E-state index < -0.39 is 0 Å². The van der Waals surface area contributed by atoms with Crippen molar-refractivity contribution in [2.75, 3.05) is 6.79 Å². The highest BCUT2D eigenvalue weighted by molar-refractivity contribution is 6.32. The van der Waals surface area contributed by atoms with Gasteiger partial charge in [-0.2, -0.15) is 0 Å². The maximum atomic E-state index is 12.4. The largest absolute Gasteiger partial charge is 0.454 e. The summed E-state index contributed by atoms with van der Waals surface area (Å²) in [5.41, 5.74) is 2.68. The molecule has 0 saturated heterocycles. The Kier molecular flexibility index (Phi) is 3.94. The first-order valence-electron chi connectivity index (χ1n) is 7.01. The number of aryl methyl sites for hydroxylation is 1. The van der Waals surface area contributed by atoms with Gasteiger partial charge in [-0.1, -0.05) is 41.4 Å². The van der Waals surface area contributed by atoms with Crippen LogP contribution >= 0.6 is 11.6 Å². The summed E-state index contributed by atoms with van der Waals surface area (Å²) in [4.78, 5) is 12.4. The molecule has 114 valence electrons. The Morgan fingerprint density at radius 1 is 1.23 bits per heavy atom. The Morgan fingerprint density at radius 3 is 2.68 bits per heavy atom. The molecule has 0 fully saturated rings. The summed E-state index contributed by atoms with van der Waals surface area (Å²) in [6.45, 7) is 4.10. The van der Waals surface area contributed by atoms with Crippen molar-refractivity contribution in [3.8, 4) is 11.5 Å². The van der Waals surface area contributed by atoms with E-state index in [2.05, 4.69) is 5.32 Å². The number of nitrogens with one attached hydrogen (secondary N) is 1. The molecule has 5 heteroatoms. The lowest BCUT2D eigenvalue weighted by molar-refractivity contribution is 0.0939. The zero-order valence-corrected chi connectivity index (χ0v) is 13.1. The lowest BCUT2D eigenvalue weighted by Gasteiger charge is -2.15. The Bertz CT molecular complexity index is 713. The highest BCUT2D eigenvalue weighted by Crippen LogP contribution is 2.39. The molecule has 0 aromatic heterocycles. The smallest absolute Gasteiger partial charge is 0.251 e. The summed E-state index contributed by atoms with van der Waals surface area (Å²) < 4.78 is 10.5. The number of hydrogen-bond donors (Lipinski definition) is 1. The van der Waals surface area contributed by atoms with E-state index in [4.69, 9.17) is 21.1 Å². The third-order valence-electron chi connectivity index (χ3n) is 3.61. The summed E-state index contributed by atoms with van der Waals surface area (Å²) in [6, 6.07) is 11.2. The van der Waals surface area contributed by atoms with Gasteiger partial charge in [0.1, 0.15) is 0 Å². The molecule has 2 aromatic rings. The van der Waals surface area contributed by atoms with Crippen LogP contribution in [0.1, 0.15) is 34.5 Å².